The van der Waals surface area contributed by atoms with Gasteiger partial charge in [0.1, 0.15) is 6.10 Å². The Hall–Kier alpha value is -1.57. The zero-order valence-electron chi connectivity index (χ0n) is 15.9. The number of carbonyl (C=O) groups excluding carboxylic acids is 1. The molecular weight excluding hydrogens is 507 g/mol. The molecule has 1 aliphatic rings. The first-order chi connectivity index (χ1) is 14.5. The van der Waals surface area contributed by atoms with E-state index in [1.807, 2.05) is 60.0 Å². The Morgan fingerprint density at radius 3 is 2.57 bits per heavy atom. The maximum atomic E-state index is 12.4. The summed E-state index contributed by atoms with van der Waals surface area (Å²) in [6.45, 7) is 1.56. The lowest BCUT2D eigenvalue weighted by atomic mass is 10.0. The number of carbonyl (C=O) groups is 1. The van der Waals surface area contributed by atoms with Crippen LogP contribution < -0.4 is 5.32 Å². The van der Waals surface area contributed by atoms with Gasteiger partial charge in [-0.2, -0.15) is 0 Å². The number of benzene rings is 2. The summed E-state index contributed by atoms with van der Waals surface area (Å²) in [4.78, 5) is 14.2. The topological polar surface area (TPSA) is 41.6 Å². The summed E-state index contributed by atoms with van der Waals surface area (Å²) in [5, 5.41) is 6.26. The van der Waals surface area contributed by atoms with Crippen LogP contribution in [-0.2, 0) is 11.3 Å². The second-order valence-corrected chi connectivity index (χ2v) is 10.1. The Labute approximate surface area is 197 Å². The first-order valence-corrected chi connectivity index (χ1v) is 11.8. The fraction of sp³-hybridized carbons (Fsp3) is 0.227. The van der Waals surface area contributed by atoms with Crippen molar-refractivity contribution in [2.24, 2.45) is 0 Å². The number of nitrogens with one attached hydrogen (secondary N) is 1. The average Bonchev–Trinajstić information content (AvgIpc) is 3.12. The quantitative estimate of drug-likeness (QED) is 0.398. The number of halogens is 3. The molecule has 3 aromatic rings. The predicted molar refractivity (Wildman–Crippen MR) is 125 cm³/mol. The minimum absolute atomic E-state index is 0.0689. The molecule has 0 bridgehead atoms. The van der Waals surface area contributed by atoms with Crippen LogP contribution in [0.5, 0.6) is 0 Å². The van der Waals surface area contributed by atoms with Gasteiger partial charge in [0.2, 0.25) is 0 Å². The SMILES string of the molecule is O=C(NCc1ccsc1Br)N1CC(OC(c2ccc(Cl)cc2)c2ccccc2Cl)C1. The lowest BCUT2D eigenvalue weighted by Crippen LogP contribution is -2.57. The van der Waals surface area contributed by atoms with Crippen molar-refractivity contribution in [1.82, 2.24) is 10.2 Å². The highest BCUT2D eigenvalue weighted by Crippen LogP contribution is 2.34. The molecule has 1 atom stereocenters. The van der Waals surface area contributed by atoms with Crippen LogP contribution in [0.3, 0.4) is 0 Å². The first-order valence-electron chi connectivity index (χ1n) is 9.41. The van der Waals surface area contributed by atoms with Crippen molar-refractivity contribution in [1.29, 1.82) is 0 Å². The van der Waals surface area contributed by atoms with Crippen molar-refractivity contribution in [3.63, 3.8) is 0 Å². The summed E-state index contributed by atoms with van der Waals surface area (Å²) < 4.78 is 7.41. The molecule has 1 N–H and O–H groups in total. The van der Waals surface area contributed by atoms with Crippen LogP contribution in [0.2, 0.25) is 10.0 Å². The third-order valence-electron chi connectivity index (χ3n) is 4.95. The number of urea groups is 1. The second-order valence-electron chi connectivity index (χ2n) is 6.99. The molecule has 4 rings (SSSR count). The lowest BCUT2D eigenvalue weighted by molar-refractivity contribution is -0.0645. The number of likely N-dealkylation sites (tertiary alicyclic amines) is 1. The van der Waals surface area contributed by atoms with E-state index in [-0.39, 0.29) is 18.2 Å². The van der Waals surface area contributed by atoms with Gasteiger partial charge < -0.3 is 15.0 Å². The van der Waals surface area contributed by atoms with Crippen molar-refractivity contribution in [3.8, 4) is 0 Å². The number of nitrogens with zero attached hydrogens (tertiary/aromatic N) is 1. The van der Waals surface area contributed by atoms with E-state index in [4.69, 9.17) is 27.9 Å². The molecule has 156 valence electrons. The maximum absolute atomic E-state index is 12.4. The van der Waals surface area contributed by atoms with Gasteiger partial charge in [0.25, 0.3) is 0 Å². The van der Waals surface area contributed by atoms with Gasteiger partial charge in [-0.3, -0.25) is 0 Å². The molecule has 0 saturated carbocycles. The number of hydrogen-bond acceptors (Lipinski definition) is 3. The Morgan fingerprint density at radius 1 is 1.17 bits per heavy atom. The summed E-state index contributed by atoms with van der Waals surface area (Å²) in [5.41, 5.74) is 2.94. The van der Waals surface area contributed by atoms with Crippen LogP contribution in [0.15, 0.2) is 63.8 Å². The molecule has 1 aromatic heterocycles. The molecule has 0 radical (unpaired) electrons. The van der Waals surface area contributed by atoms with E-state index in [2.05, 4.69) is 21.2 Å². The van der Waals surface area contributed by atoms with E-state index in [0.717, 1.165) is 20.5 Å². The normalized spacial score (nSPS) is 15.0. The molecule has 8 heteroatoms. The summed E-state index contributed by atoms with van der Waals surface area (Å²) in [6, 6.07) is 17.1. The lowest BCUT2D eigenvalue weighted by Gasteiger charge is -2.40. The van der Waals surface area contributed by atoms with E-state index in [1.165, 1.54) is 0 Å². The third-order valence-corrected chi connectivity index (χ3v) is 7.35. The molecule has 0 aliphatic carbocycles. The van der Waals surface area contributed by atoms with Crippen molar-refractivity contribution in [2.75, 3.05) is 13.1 Å². The molecule has 30 heavy (non-hydrogen) atoms. The van der Waals surface area contributed by atoms with Gasteiger partial charge in [-0.05, 0) is 56.7 Å². The van der Waals surface area contributed by atoms with E-state index in [0.29, 0.717) is 29.7 Å². The molecule has 4 nitrogen and oxygen atoms in total. The number of ether oxygens (including phenoxy) is 1. The molecule has 1 fully saturated rings. The predicted octanol–water partition coefficient (Wildman–Crippen LogP) is 6.52. The first kappa shape index (κ1) is 21.7. The van der Waals surface area contributed by atoms with Crippen LogP contribution in [0.25, 0.3) is 0 Å². The van der Waals surface area contributed by atoms with Crippen molar-refractivity contribution < 1.29 is 9.53 Å². The largest absolute Gasteiger partial charge is 0.362 e. The molecule has 0 spiro atoms. The van der Waals surface area contributed by atoms with E-state index >= 15 is 0 Å². The zero-order chi connectivity index (χ0) is 21.1. The van der Waals surface area contributed by atoms with E-state index < -0.39 is 0 Å². The standard InChI is InChI=1S/C22H19BrCl2N2O2S/c23-21-15(9-10-30-21)11-26-22(28)27-12-17(13-27)29-20(14-5-7-16(24)8-6-14)18-3-1-2-4-19(18)25/h1-10,17,20H,11-13H2,(H,26,28). The Kier molecular flexibility index (Phi) is 7.01. The smallest absolute Gasteiger partial charge is 0.317 e. The molecule has 2 heterocycles. The van der Waals surface area contributed by atoms with Crippen molar-refractivity contribution >= 4 is 56.5 Å². The minimum Gasteiger partial charge on any atom is -0.362 e. The van der Waals surface area contributed by atoms with Crippen LogP contribution in [0, 0.1) is 0 Å². The van der Waals surface area contributed by atoms with Gasteiger partial charge >= 0.3 is 6.03 Å². The zero-order valence-corrected chi connectivity index (χ0v) is 19.8. The molecule has 2 aromatic carbocycles. The van der Waals surface area contributed by atoms with Crippen LogP contribution in [0.4, 0.5) is 4.79 Å². The summed E-state index contributed by atoms with van der Waals surface area (Å²) in [5.74, 6) is 0. The molecular formula is C22H19BrCl2N2O2S. The van der Waals surface area contributed by atoms with Crippen LogP contribution >= 0.6 is 50.5 Å². The molecule has 1 unspecified atom stereocenters. The van der Waals surface area contributed by atoms with E-state index in [1.54, 1.807) is 16.2 Å². The Bertz CT molecular complexity index is 1020. The van der Waals surface area contributed by atoms with Crippen molar-refractivity contribution in [2.45, 2.75) is 18.8 Å². The fourth-order valence-corrected chi connectivity index (χ4v) is 4.87. The van der Waals surface area contributed by atoms with Gasteiger partial charge in [0.15, 0.2) is 0 Å². The van der Waals surface area contributed by atoms with Gasteiger partial charge in [-0.25, -0.2) is 4.79 Å². The second kappa shape index (κ2) is 9.71. The monoisotopic (exact) mass is 524 g/mol. The number of amides is 2. The van der Waals surface area contributed by atoms with Gasteiger partial charge in [0, 0.05) is 22.2 Å². The number of rotatable bonds is 6. The number of thiophene rings is 1. The van der Waals surface area contributed by atoms with Crippen LogP contribution in [0.1, 0.15) is 22.8 Å². The van der Waals surface area contributed by atoms with Gasteiger partial charge in [-0.15, -0.1) is 11.3 Å². The highest BCUT2D eigenvalue weighted by atomic mass is 79.9. The third kappa shape index (κ3) is 5.01. The maximum Gasteiger partial charge on any atom is 0.317 e. The van der Waals surface area contributed by atoms with Crippen LogP contribution in [-0.4, -0.2) is 30.1 Å². The average molecular weight is 526 g/mol. The summed E-state index contributed by atoms with van der Waals surface area (Å²) in [7, 11) is 0. The number of hydrogen-bond donors (Lipinski definition) is 1. The van der Waals surface area contributed by atoms with E-state index in [9.17, 15) is 4.79 Å². The Balaban J connectivity index is 1.39. The highest BCUT2D eigenvalue weighted by molar-refractivity contribution is 9.11. The summed E-state index contributed by atoms with van der Waals surface area (Å²) in [6.07, 6.45) is -0.395. The minimum atomic E-state index is -0.326. The fourth-order valence-electron chi connectivity index (χ4n) is 3.27. The van der Waals surface area contributed by atoms with Gasteiger partial charge in [-0.1, -0.05) is 53.5 Å². The highest BCUT2D eigenvalue weighted by Gasteiger charge is 2.34. The summed E-state index contributed by atoms with van der Waals surface area (Å²) >= 11 is 17.6. The van der Waals surface area contributed by atoms with Crippen molar-refractivity contribution in [3.05, 3.63) is 90.5 Å². The molecule has 2 amide bonds. The Morgan fingerprint density at radius 2 is 1.90 bits per heavy atom. The molecule has 1 aliphatic heterocycles. The molecule has 1 saturated heterocycles. The van der Waals surface area contributed by atoms with Gasteiger partial charge in [0.05, 0.1) is 23.0 Å².